The van der Waals surface area contributed by atoms with E-state index >= 15 is 0 Å². The van der Waals surface area contributed by atoms with Crippen LogP contribution >= 0.6 is 15.9 Å². The van der Waals surface area contributed by atoms with Crippen molar-refractivity contribution < 1.29 is 9.59 Å². The van der Waals surface area contributed by atoms with Gasteiger partial charge in [0.2, 0.25) is 0 Å². The van der Waals surface area contributed by atoms with Crippen molar-refractivity contribution in [3.63, 3.8) is 0 Å². The molecule has 1 unspecified atom stereocenters. The molecule has 3 amide bonds. The molecule has 0 bridgehead atoms. The molecule has 22 heavy (non-hydrogen) atoms. The standard InChI is InChI=1S/C16H18BrN3O2/c1-15(2,3)16(4)13(21)20(14(22)19-16)9-11-6-5-10(8-18)7-12(11)17/h5-7H,9H2,1-4H3,(H,19,22). The number of hydrogen-bond acceptors (Lipinski definition) is 3. The van der Waals surface area contributed by atoms with Gasteiger partial charge in [-0.25, -0.2) is 4.79 Å². The highest BCUT2D eigenvalue weighted by atomic mass is 79.9. The summed E-state index contributed by atoms with van der Waals surface area (Å²) in [6.45, 7) is 7.69. The van der Waals surface area contributed by atoms with Gasteiger partial charge in [-0.15, -0.1) is 0 Å². The highest BCUT2D eigenvalue weighted by Crippen LogP contribution is 2.36. The summed E-state index contributed by atoms with van der Waals surface area (Å²) >= 11 is 3.38. The zero-order valence-electron chi connectivity index (χ0n) is 13.0. The second-order valence-corrected chi connectivity index (χ2v) is 7.47. The fraction of sp³-hybridized carbons (Fsp3) is 0.438. The molecule has 1 aliphatic heterocycles. The third-order valence-corrected chi connectivity index (χ3v) is 5.02. The van der Waals surface area contributed by atoms with Gasteiger partial charge in [-0.05, 0) is 30.0 Å². The second kappa shape index (κ2) is 5.40. The molecular formula is C16H18BrN3O2. The van der Waals surface area contributed by atoms with Crippen molar-refractivity contribution in [3.8, 4) is 6.07 Å². The largest absolute Gasteiger partial charge is 0.325 e. The maximum absolute atomic E-state index is 12.7. The number of hydrogen-bond donors (Lipinski definition) is 1. The Kier molecular flexibility index (Phi) is 4.05. The molecule has 1 aliphatic rings. The summed E-state index contributed by atoms with van der Waals surface area (Å²) in [4.78, 5) is 26.1. The predicted molar refractivity (Wildman–Crippen MR) is 85.8 cm³/mol. The summed E-state index contributed by atoms with van der Waals surface area (Å²) in [6.07, 6.45) is 0. The number of amides is 3. The van der Waals surface area contributed by atoms with Crippen molar-refractivity contribution in [2.24, 2.45) is 5.41 Å². The van der Waals surface area contributed by atoms with Gasteiger partial charge in [0.05, 0.1) is 18.2 Å². The molecule has 1 heterocycles. The third kappa shape index (κ3) is 2.61. The van der Waals surface area contributed by atoms with Crippen LogP contribution in [-0.2, 0) is 11.3 Å². The van der Waals surface area contributed by atoms with Crippen molar-refractivity contribution in [2.75, 3.05) is 0 Å². The lowest BCUT2D eigenvalue weighted by molar-refractivity contribution is -0.134. The van der Waals surface area contributed by atoms with Gasteiger partial charge < -0.3 is 5.32 Å². The van der Waals surface area contributed by atoms with Crippen molar-refractivity contribution in [3.05, 3.63) is 33.8 Å². The van der Waals surface area contributed by atoms with Crippen molar-refractivity contribution >= 4 is 27.9 Å². The molecule has 5 nitrogen and oxygen atoms in total. The first-order valence-corrected chi connectivity index (χ1v) is 7.72. The van der Waals surface area contributed by atoms with Crippen LogP contribution in [0.15, 0.2) is 22.7 Å². The lowest BCUT2D eigenvalue weighted by Crippen LogP contribution is -2.54. The molecule has 2 rings (SSSR count). The van der Waals surface area contributed by atoms with Crippen LogP contribution in [0.25, 0.3) is 0 Å². The first-order valence-electron chi connectivity index (χ1n) is 6.93. The number of carbonyl (C=O) groups excluding carboxylic acids is 2. The number of imide groups is 1. The molecule has 0 aliphatic carbocycles. The zero-order valence-corrected chi connectivity index (χ0v) is 14.6. The molecular weight excluding hydrogens is 346 g/mol. The molecule has 6 heteroatoms. The monoisotopic (exact) mass is 363 g/mol. The second-order valence-electron chi connectivity index (χ2n) is 6.61. The van der Waals surface area contributed by atoms with Gasteiger partial charge in [0, 0.05) is 4.47 Å². The Morgan fingerprint density at radius 1 is 1.36 bits per heavy atom. The molecule has 0 aromatic heterocycles. The first kappa shape index (κ1) is 16.5. The van der Waals surface area contributed by atoms with E-state index in [-0.39, 0.29) is 12.5 Å². The first-order chi connectivity index (χ1) is 10.1. The average molecular weight is 364 g/mol. The molecule has 0 saturated carbocycles. The Balaban J connectivity index is 2.30. The van der Waals surface area contributed by atoms with E-state index in [1.807, 2.05) is 26.8 Å². The number of benzene rings is 1. The highest BCUT2D eigenvalue weighted by molar-refractivity contribution is 9.10. The maximum Gasteiger partial charge on any atom is 0.325 e. The van der Waals surface area contributed by atoms with E-state index in [9.17, 15) is 9.59 Å². The lowest BCUT2D eigenvalue weighted by Gasteiger charge is -2.35. The van der Waals surface area contributed by atoms with Gasteiger partial charge >= 0.3 is 6.03 Å². The van der Waals surface area contributed by atoms with E-state index in [4.69, 9.17) is 5.26 Å². The number of carbonyl (C=O) groups is 2. The summed E-state index contributed by atoms with van der Waals surface area (Å²) in [5, 5.41) is 11.7. The minimum Gasteiger partial charge on any atom is -0.323 e. The average Bonchev–Trinajstić information content (AvgIpc) is 2.64. The van der Waals surface area contributed by atoms with Gasteiger partial charge in [-0.1, -0.05) is 42.8 Å². The Morgan fingerprint density at radius 2 is 2.00 bits per heavy atom. The van der Waals surface area contributed by atoms with Crippen LogP contribution in [0.1, 0.15) is 38.8 Å². The molecule has 0 radical (unpaired) electrons. The molecule has 1 aromatic rings. The van der Waals surface area contributed by atoms with Gasteiger partial charge in [0.15, 0.2) is 0 Å². The van der Waals surface area contributed by atoms with E-state index in [1.54, 1.807) is 25.1 Å². The van der Waals surface area contributed by atoms with Crippen LogP contribution < -0.4 is 5.32 Å². The molecule has 1 aromatic carbocycles. The Bertz CT molecular complexity index is 688. The Morgan fingerprint density at radius 3 is 2.45 bits per heavy atom. The van der Waals surface area contributed by atoms with Crippen molar-refractivity contribution in [2.45, 2.75) is 39.8 Å². The SMILES string of the molecule is CC(C)(C)C1(C)NC(=O)N(Cc2ccc(C#N)cc2Br)C1=O. The van der Waals surface area contributed by atoms with E-state index < -0.39 is 17.0 Å². The number of nitrogens with one attached hydrogen (secondary N) is 1. The smallest absolute Gasteiger partial charge is 0.323 e. The van der Waals surface area contributed by atoms with Gasteiger partial charge in [-0.3, -0.25) is 9.69 Å². The number of urea groups is 1. The summed E-state index contributed by atoms with van der Waals surface area (Å²) < 4.78 is 0.705. The maximum atomic E-state index is 12.7. The molecule has 116 valence electrons. The van der Waals surface area contributed by atoms with E-state index in [2.05, 4.69) is 21.2 Å². The van der Waals surface area contributed by atoms with Gasteiger partial charge in [0.1, 0.15) is 5.54 Å². The summed E-state index contributed by atoms with van der Waals surface area (Å²) in [5.41, 5.74) is -0.0208. The molecule has 1 atom stereocenters. The lowest BCUT2D eigenvalue weighted by atomic mass is 9.75. The Hall–Kier alpha value is -1.87. The van der Waals surface area contributed by atoms with E-state index in [1.165, 1.54) is 4.90 Å². The summed E-state index contributed by atoms with van der Waals surface area (Å²) in [5.74, 6) is -0.235. The number of halogens is 1. The normalized spacial score (nSPS) is 21.7. The molecule has 1 fully saturated rings. The van der Waals surface area contributed by atoms with Crippen LogP contribution in [0, 0.1) is 16.7 Å². The van der Waals surface area contributed by atoms with Crippen LogP contribution in [0.4, 0.5) is 4.79 Å². The number of nitriles is 1. The molecule has 1 N–H and O–H groups in total. The van der Waals surface area contributed by atoms with Crippen molar-refractivity contribution in [1.82, 2.24) is 10.2 Å². The third-order valence-electron chi connectivity index (χ3n) is 4.29. The van der Waals surface area contributed by atoms with Gasteiger partial charge in [0.25, 0.3) is 5.91 Å². The van der Waals surface area contributed by atoms with E-state index in [0.29, 0.717) is 10.0 Å². The number of rotatable bonds is 2. The zero-order chi connectivity index (χ0) is 16.7. The van der Waals surface area contributed by atoms with Crippen LogP contribution in [-0.4, -0.2) is 22.4 Å². The van der Waals surface area contributed by atoms with Crippen LogP contribution in [0.2, 0.25) is 0 Å². The van der Waals surface area contributed by atoms with E-state index in [0.717, 1.165) is 5.56 Å². The van der Waals surface area contributed by atoms with Crippen molar-refractivity contribution in [1.29, 1.82) is 5.26 Å². The number of nitrogens with zero attached hydrogens (tertiary/aromatic N) is 2. The minimum atomic E-state index is -0.927. The summed E-state index contributed by atoms with van der Waals surface area (Å²) in [7, 11) is 0. The minimum absolute atomic E-state index is 0.169. The van der Waals surface area contributed by atoms with Crippen LogP contribution in [0.5, 0.6) is 0 Å². The quantitative estimate of drug-likeness (QED) is 0.820. The molecule has 1 saturated heterocycles. The summed E-state index contributed by atoms with van der Waals surface area (Å²) in [6, 6.07) is 6.75. The fourth-order valence-corrected chi connectivity index (χ4v) is 2.77. The molecule has 0 spiro atoms. The Labute approximate surface area is 138 Å². The predicted octanol–water partition coefficient (Wildman–Crippen LogP) is 3.18. The highest BCUT2D eigenvalue weighted by Gasteiger charge is 2.54. The van der Waals surface area contributed by atoms with Gasteiger partial charge in [-0.2, -0.15) is 5.26 Å². The topological polar surface area (TPSA) is 73.2 Å². The fourth-order valence-electron chi connectivity index (χ4n) is 2.26. The van der Waals surface area contributed by atoms with Crippen LogP contribution in [0.3, 0.4) is 0 Å².